The number of hydrogen-bond donors (Lipinski definition) is 1. The van der Waals surface area contributed by atoms with Gasteiger partial charge in [-0.3, -0.25) is 0 Å². The highest BCUT2D eigenvalue weighted by Gasteiger charge is 2.19. The molecule has 0 spiro atoms. The lowest BCUT2D eigenvalue weighted by molar-refractivity contribution is 0.338. The number of hydrogen-bond acceptors (Lipinski definition) is 6. The second kappa shape index (κ2) is 7.01. The van der Waals surface area contributed by atoms with Crippen LogP contribution >= 0.6 is 11.3 Å². The van der Waals surface area contributed by atoms with Gasteiger partial charge in [0.15, 0.2) is 0 Å². The highest BCUT2D eigenvalue weighted by molar-refractivity contribution is 7.09. The van der Waals surface area contributed by atoms with E-state index >= 15 is 0 Å². The van der Waals surface area contributed by atoms with Gasteiger partial charge in [0, 0.05) is 22.9 Å². The Hall–Kier alpha value is -2.12. The molecule has 5 nitrogen and oxygen atoms in total. The van der Waals surface area contributed by atoms with Crippen LogP contribution < -0.4 is 5.32 Å². The van der Waals surface area contributed by atoms with Crippen LogP contribution in [0.4, 0.5) is 4.39 Å². The Morgan fingerprint density at radius 3 is 2.76 bits per heavy atom. The monoisotopic (exact) mass is 360 g/mol. The molecule has 0 radical (unpaired) electrons. The predicted molar refractivity (Wildman–Crippen MR) is 95.8 cm³/mol. The van der Waals surface area contributed by atoms with Gasteiger partial charge < -0.3 is 9.84 Å². The van der Waals surface area contributed by atoms with E-state index in [1.165, 1.54) is 12.1 Å². The Balaban J connectivity index is 1.64. The normalized spacial score (nSPS) is 13.2. The number of halogens is 1. The summed E-state index contributed by atoms with van der Waals surface area (Å²) in [6.45, 7) is 9.01. The Kier molecular flexibility index (Phi) is 4.96. The molecule has 3 rings (SSSR count). The van der Waals surface area contributed by atoms with Gasteiger partial charge in [-0.1, -0.05) is 38.1 Å². The van der Waals surface area contributed by atoms with Crippen molar-refractivity contribution in [1.29, 1.82) is 0 Å². The summed E-state index contributed by atoms with van der Waals surface area (Å²) in [5.74, 6) is 0.519. The second-order valence-electron chi connectivity index (χ2n) is 6.96. The molecule has 0 saturated carbocycles. The Morgan fingerprint density at radius 1 is 1.28 bits per heavy atom. The van der Waals surface area contributed by atoms with Crippen molar-refractivity contribution in [3.63, 3.8) is 0 Å². The molecule has 0 fully saturated rings. The van der Waals surface area contributed by atoms with Crippen molar-refractivity contribution in [2.24, 2.45) is 0 Å². The summed E-state index contributed by atoms with van der Waals surface area (Å²) in [5, 5.41) is 10.4. The first-order chi connectivity index (χ1) is 11.8. The summed E-state index contributed by atoms with van der Waals surface area (Å²) in [6.07, 6.45) is 0. The van der Waals surface area contributed by atoms with Crippen LogP contribution in [0.5, 0.6) is 0 Å². The zero-order valence-electron chi connectivity index (χ0n) is 14.7. The van der Waals surface area contributed by atoms with Gasteiger partial charge in [-0.25, -0.2) is 9.37 Å². The molecule has 132 valence electrons. The van der Waals surface area contributed by atoms with Crippen LogP contribution in [0.3, 0.4) is 0 Å². The molecule has 3 aromatic rings. The number of aromatic nitrogens is 3. The van der Waals surface area contributed by atoms with E-state index < -0.39 is 0 Å². The predicted octanol–water partition coefficient (Wildman–Crippen LogP) is 4.48. The molecular formula is C18H21FN4OS. The van der Waals surface area contributed by atoms with Gasteiger partial charge in [0.2, 0.25) is 11.7 Å². The minimum Gasteiger partial charge on any atom is -0.337 e. The van der Waals surface area contributed by atoms with Gasteiger partial charge in [0.25, 0.3) is 0 Å². The fraction of sp³-hybridized carbons (Fsp3) is 0.389. The van der Waals surface area contributed by atoms with Gasteiger partial charge in [-0.2, -0.15) is 4.98 Å². The molecule has 1 unspecified atom stereocenters. The Labute approximate surface area is 150 Å². The first kappa shape index (κ1) is 17.7. The lowest BCUT2D eigenvalue weighted by Crippen LogP contribution is -2.19. The molecular weight excluding hydrogens is 339 g/mol. The maximum atomic E-state index is 13.3. The highest BCUT2D eigenvalue weighted by Crippen LogP contribution is 2.26. The van der Waals surface area contributed by atoms with Crippen molar-refractivity contribution in [2.75, 3.05) is 0 Å². The fourth-order valence-corrected chi connectivity index (χ4v) is 3.14. The molecule has 0 aliphatic rings. The largest absolute Gasteiger partial charge is 0.337 e. The van der Waals surface area contributed by atoms with E-state index in [-0.39, 0.29) is 17.3 Å². The third kappa shape index (κ3) is 4.29. The summed E-state index contributed by atoms with van der Waals surface area (Å²) in [6, 6.07) is 6.01. The molecule has 1 N–H and O–H groups in total. The van der Waals surface area contributed by atoms with Crippen LogP contribution in [0, 0.1) is 5.82 Å². The summed E-state index contributed by atoms with van der Waals surface area (Å²) in [5.41, 5.74) is 1.64. The van der Waals surface area contributed by atoms with Crippen LogP contribution in [0.15, 0.2) is 34.2 Å². The zero-order valence-corrected chi connectivity index (χ0v) is 15.5. The zero-order chi connectivity index (χ0) is 18.0. The van der Waals surface area contributed by atoms with Crippen molar-refractivity contribution < 1.29 is 8.91 Å². The maximum Gasteiger partial charge on any atom is 0.243 e. The van der Waals surface area contributed by atoms with Gasteiger partial charge in [0.1, 0.15) is 5.82 Å². The molecule has 25 heavy (non-hydrogen) atoms. The number of rotatable bonds is 5. The van der Waals surface area contributed by atoms with Gasteiger partial charge in [0.05, 0.1) is 16.7 Å². The van der Waals surface area contributed by atoms with Gasteiger partial charge in [-0.05, 0) is 19.1 Å². The quantitative estimate of drug-likeness (QED) is 0.727. The van der Waals surface area contributed by atoms with Gasteiger partial charge in [-0.15, -0.1) is 11.3 Å². The number of nitrogens with zero attached hydrogens (tertiary/aromatic N) is 3. The average Bonchev–Trinajstić information content (AvgIpc) is 3.21. The molecule has 0 aliphatic carbocycles. The van der Waals surface area contributed by atoms with Crippen molar-refractivity contribution in [3.05, 3.63) is 52.1 Å². The van der Waals surface area contributed by atoms with Crippen LogP contribution in [-0.2, 0) is 12.0 Å². The molecule has 1 aromatic carbocycles. The molecule has 2 heterocycles. The van der Waals surface area contributed by atoms with E-state index in [9.17, 15) is 4.39 Å². The third-order valence-corrected chi connectivity index (χ3v) is 4.99. The lowest BCUT2D eigenvalue weighted by atomic mass is 9.98. The summed E-state index contributed by atoms with van der Waals surface area (Å²) in [4.78, 5) is 9.01. The first-order valence-electron chi connectivity index (χ1n) is 8.11. The highest BCUT2D eigenvalue weighted by atomic mass is 32.1. The van der Waals surface area contributed by atoms with Crippen molar-refractivity contribution in [3.8, 4) is 11.4 Å². The lowest BCUT2D eigenvalue weighted by Gasteiger charge is -2.13. The third-order valence-electron chi connectivity index (χ3n) is 3.68. The number of benzene rings is 1. The molecule has 7 heteroatoms. The summed E-state index contributed by atoms with van der Waals surface area (Å²) < 4.78 is 18.6. The van der Waals surface area contributed by atoms with E-state index in [0.717, 1.165) is 10.7 Å². The van der Waals surface area contributed by atoms with Gasteiger partial charge >= 0.3 is 0 Å². The minimum atomic E-state index is -0.326. The Morgan fingerprint density at radius 2 is 2.08 bits per heavy atom. The smallest absolute Gasteiger partial charge is 0.243 e. The average molecular weight is 360 g/mol. The molecule has 0 aliphatic heterocycles. The van der Waals surface area contributed by atoms with E-state index in [2.05, 4.69) is 46.6 Å². The fourth-order valence-electron chi connectivity index (χ4n) is 2.23. The van der Waals surface area contributed by atoms with E-state index in [1.54, 1.807) is 23.5 Å². The van der Waals surface area contributed by atoms with Crippen LogP contribution in [0.2, 0.25) is 0 Å². The topological polar surface area (TPSA) is 63.8 Å². The second-order valence-corrected chi connectivity index (χ2v) is 7.82. The van der Waals surface area contributed by atoms with E-state index in [1.807, 2.05) is 6.92 Å². The van der Waals surface area contributed by atoms with Crippen LogP contribution in [0.25, 0.3) is 11.4 Å². The number of thiazole rings is 1. The molecule has 0 bridgehead atoms. The van der Waals surface area contributed by atoms with Crippen LogP contribution in [-0.4, -0.2) is 15.1 Å². The minimum absolute atomic E-state index is 0.0564. The van der Waals surface area contributed by atoms with Crippen molar-refractivity contribution in [2.45, 2.75) is 45.7 Å². The summed E-state index contributed by atoms with van der Waals surface area (Å²) >= 11 is 1.67. The molecule has 1 atom stereocenters. The van der Waals surface area contributed by atoms with E-state index in [4.69, 9.17) is 4.52 Å². The molecule has 0 amide bonds. The van der Waals surface area contributed by atoms with Crippen LogP contribution in [0.1, 0.15) is 50.3 Å². The SMILES string of the molecule is CC(NCc1csc(C(C)(C)C)n1)c1nc(-c2cccc(F)c2)no1. The first-order valence-corrected chi connectivity index (χ1v) is 8.99. The molecule has 2 aromatic heterocycles. The number of nitrogens with one attached hydrogen (secondary N) is 1. The van der Waals surface area contributed by atoms with Crippen molar-refractivity contribution >= 4 is 11.3 Å². The van der Waals surface area contributed by atoms with E-state index in [0.29, 0.717) is 23.8 Å². The molecule has 0 saturated heterocycles. The maximum absolute atomic E-state index is 13.3. The summed E-state index contributed by atoms with van der Waals surface area (Å²) in [7, 11) is 0. The Bertz CT molecular complexity index is 853. The van der Waals surface area contributed by atoms with Crippen molar-refractivity contribution in [1.82, 2.24) is 20.4 Å². The standard InChI is InChI=1S/C18H21FN4OS/c1-11(20-9-14-10-25-17(21-14)18(2,3)4)16-22-15(23-24-16)12-6-5-7-13(19)8-12/h5-8,10-11,20H,9H2,1-4H3.